The van der Waals surface area contributed by atoms with Gasteiger partial charge in [-0.25, -0.2) is 17.2 Å². The van der Waals surface area contributed by atoms with Gasteiger partial charge >= 0.3 is 0 Å². The van der Waals surface area contributed by atoms with Gasteiger partial charge in [-0.05, 0) is 42.5 Å². The summed E-state index contributed by atoms with van der Waals surface area (Å²) in [7, 11) is -4.04. The Morgan fingerprint density at radius 2 is 1.63 bits per heavy atom. The molecule has 0 aliphatic carbocycles. The molecule has 0 unspecified atom stereocenters. The Morgan fingerprint density at radius 1 is 1.00 bits per heavy atom. The van der Waals surface area contributed by atoms with E-state index >= 15 is 0 Å². The first-order valence-electron chi connectivity index (χ1n) is 5.12. The SMILES string of the molecule is O=S(=O)(Nc1ccc(F)cc1)c1ccc(Br)cc1F. The van der Waals surface area contributed by atoms with Crippen LogP contribution in [0.5, 0.6) is 0 Å². The van der Waals surface area contributed by atoms with Crippen molar-refractivity contribution in [1.82, 2.24) is 0 Å². The molecule has 0 bridgehead atoms. The van der Waals surface area contributed by atoms with E-state index in [0.717, 1.165) is 24.3 Å². The van der Waals surface area contributed by atoms with Crippen molar-refractivity contribution in [3.8, 4) is 0 Å². The van der Waals surface area contributed by atoms with Crippen molar-refractivity contribution in [2.24, 2.45) is 0 Å². The molecule has 0 atom stereocenters. The van der Waals surface area contributed by atoms with Gasteiger partial charge in [0.15, 0.2) is 0 Å². The van der Waals surface area contributed by atoms with Crippen LogP contribution < -0.4 is 4.72 Å². The Kier molecular flexibility index (Phi) is 3.86. The zero-order valence-electron chi connectivity index (χ0n) is 9.40. The van der Waals surface area contributed by atoms with Crippen LogP contribution in [0.25, 0.3) is 0 Å². The fourth-order valence-corrected chi connectivity index (χ4v) is 2.87. The monoisotopic (exact) mass is 347 g/mol. The second-order valence-electron chi connectivity index (χ2n) is 3.69. The zero-order valence-corrected chi connectivity index (χ0v) is 11.8. The lowest BCUT2D eigenvalue weighted by atomic mass is 10.3. The summed E-state index contributed by atoms with van der Waals surface area (Å²) in [6.07, 6.45) is 0. The molecule has 0 aliphatic rings. The smallest absolute Gasteiger partial charge is 0.264 e. The maximum Gasteiger partial charge on any atom is 0.264 e. The lowest BCUT2D eigenvalue weighted by molar-refractivity contribution is 0.569. The van der Waals surface area contributed by atoms with Gasteiger partial charge in [0.1, 0.15) is 16.5 Å². The molecule has 2 aromatic rings. The first kappa shape index (κ1) is 14.0. The van der Waals surface area contributed by atoms with Crippen molar-refractivity contribution in [2.45, 2.75) is 4.90 Å². The molecule has 0 amide bonds. The topological polar surface area (TPSA) is 46.2 Å². The fourth-order valence-electron chi connectivity index (χ4n) is 1.42. The first-order chi connectivity index (χ1) is 8.88. The predicted molar refractivity (Wildman–Crippen MR) is 71.3 cm³/mol. The summed E-state index contributed by atoms with van der Waals surface area (Å²) >= 11 is 3.04. The Labute approximate surface area is 117 Å². The molecule has 0 heterocycles. The quantitative estimate of drug-likeness (QED) is 0.923. The van der Waals surface area contributed by atoms with Crippen LogP contribution in [0.2, 0.25) is 0 Å². The van der Waals surface area contributed by atoms with Gasteiger partial charge in [-0.2, -0.15) is 0 Å². The first-order valence-corrected chi connectivity index (χ1v) is 7.39. The molecular formula is C12H8BrF2NO2S. The number of hydrogen-bond donors (Lipinski definition) is 1. The summed E-state index contributed by atoms with van der Waals surface area (Å²) in [6.45, 7) is 0. The van der Waals surface area contributed by atoms with Crippen molar-refractivity contribution in [1.29, 1.82) is 0 Å². The molecule has 7 heteroatoms. The van der Waals surface area contributed by atoms with E-state index in [2.05, 4.69) is 20.7 Å². The number of nitrogens with one attached hydrogen (secondary N) is 1. The van der Waals surface area contributed by atoms with Crippen LogP contribution in [0, 0.1) is 11.6 Å². The van der Waals surface area contributed by atoms with Crippen LogP contribution in [0.1, 0.15) is 0 Å². The standard InChI is InChI=1S/C12H8BrF2NO2S/c13-8-1-6-12(11(15)7-8)19(17,18)16-10-4-2-9(14)3-5-10/h1-7,16H. The van der Waals surface area contributed by atoms with E-state index in [1.54, 1.807) is 0 Å². The molecule has 0 aliphatic heterocycles. The van der Waals surface area contributed by atoms with E-state index in [1.165, 1.54) is 18.2 Å². The molecular weight excluding hydrogens is 340 g/mol. The average molecular weight is 348 g/mol. The maximum atomic E-state index is 13.6. The van der Waals surface area contributed by atoms with E-state index in [1.807, 2.05) is 0 Å². The highest BCUT2D eigenvalue weighted by Gasteiger charge is 2.19. The van der Waals surface area contributed by atoms with E-state index < -0.39 is 26.6 Å². The van der Waals surface area contributed by atoms with Crippen LogP contribution in [0.3, 0.4) is 0 Å². The van der Waals surface area contributed by atoms with Crippen LogP contribution in [-0.2, 0) is 10.0 Å². The van der Waals surface area contributed by atoms with Crippen LogP contribution in [0.4, 0.5) is 14.5 Å². The van der Waals surface area contributed by atoms with Crippen LogP contribution in [-0.4, -0.2) is 8.42 Å². The average Bonchev–Trinajstić information content (AvgIpc) is 2.31. The minimum atomic E-state index is -4.04. The second kappa shape index (κ2) is 5.26. The van der Waals surface area contributed by atoms with Gasteiger partial charge < -0.3 is 0 Å². The van der Waals surface area contributed by atoms with Crippen molar-refractivity contribution in [3.63, 3.8) is 0 Å². The molecule has 1 N–H and O–H groups in total. The minimum Gasteiger partial charge on any atom is -0.280 e. The number of benzene rings is 2. The molecule has 0 saturated carbocycles. The summed E-state index contributed by atoms with van der Waals surface area (Å²) in [4.78, 5) is -0.472. The van der Waals surface area contributed by atoms with E-state index in [9.17, 15) is 17.2 Å². The molecule has 19 heavy (non-hydrogen) atoms. The van der Waals surface area contributed by atoms with Gasteiger partial charge in [0, 0.05) is 10.2 Å². The number of rotatable bonds is 3. The van der Waals surface area contributed by atoms with Gasteiger partial charge in [-0.1, -0.05) is 15.9 Å². The number of anilines is 1. The van der Waals surface area contributed by atoms with Gasteiger partial charge in [-0.15, -0.1) is 0 Å². The molecule has 0 fully saturated rings. The largest absolute Gasteiger partial charge is 0.280 e. The Bertz CT molecular complexity index is 702. The summed E-state index contributed by atoms with van der Waals surface area (Å²) in [5, 5.41) is 0. The number of sulfonamides is 1. The zero-order chi connectivity index (χ0) is 14.0. The molecule has 0 radical (unpaired) electrons. The molecule has 100 valence electrons. The minimum absolute atomic E-state index is 0.156. The lowest BCUT2D eigenvalue weighted by Crippen LogP contribution is -2.14. The third-order valence-corrected chi connectivity index (χ3v) is 4.19. The van der Waals surface area contributed by atoms with Crippen LogP contribution >= 0.6 is 15.9 Å². The molecule has 0 saturated heterocycles. The third-order valence-electron chi connectivity index (χ3n) is 2.28. The third kappa shape index (κ3) is 3.30. The maximum absolute atomic E-state index is 13.6. The van der Waals surface area contributed by atoms with E-state index in [-0.39, 0.29) is 5.69 Å². The van der Waals surface area contributed by atoms with Crippen molar-refractivity contribution in [3.05, 3.63) is 58.6 Å². The molecule has 2 aromatic carbocycles. The fraction of sp³-hybridized carbons (Fsp3) is 0. The molecule has 2 rings (SSSR count). The summed E-state index contributed by atoms with van der Waals surface area (Å²) < 4.78 is 52.8. The molecule has 0 spiro atoms. The normalized spacial score (nSPS) is 11.3. The molecule has 3 nitrogen and oxygen atoms in total. The summed E-state index contributed by atoms with van der Waals surface area (Å²) in [6, 6.07) is 8.34. The molecule has 0 aromatic heterocycles. The van der Waals surface area contributed by atoms with Crippen LogP contribution in [0.15, 0.2) is 51.8 Å². The number of halogens is 3. The lowest BCUT2D eigenvalue weighted by Gasteiger charge is -2.09. The van der Waals surface area contributed by atoms with Gasteiger partial charge in [-0.3, -0.25) is 4.72 Å². The Morgan fingerprint density at radius 3 is 2.21 bits per heavy atom. The van der Waals surface area contributed by atoms with E-state index in [0.29, 0.717) is 4.47 Å². The van der Waals surface area contributed by atoms with Gasteiger partial charge in [0.05, 0.1) is 0 Å². The van der Waals surface area contributed by atoms with Crippen molar-refractivity contribution < 1.29 is 17.2 Å². The Balaban J connectivity index is 2.35. The van der Waals surface area contributed by atoms with Crippen molar-refractivity contribution >= 4 is 31.6 Å². The highest BCUT2D eigenvalue weighted by molar-refractivity contribution is 9.10. The highest BCUT2D eigenvalue weighted by atomic mass is 79.9. The summed E-state index contributed by atoms with van der Waals surface area (Å²) in [5.74, 6) is -1.36. The summed E-state index contributed by atoms with van der Waals surface area (Å²) in [5.41, 5.74) is 0.156. The number of hydrogen-bond acceptors (Lipinski definition) is 2. The predicted octanol–water partition coefficient (Wildman–Crippen LogP) is 3.53. The van der Waals surface area contributed by atoms with E-state index in [4.69, 9.17) is 0 Å². The van der Waals surface area contributed by atoms with Gasteiger partial charge in [0.25, 0.3) is 10.0 Å². The van der Waals surface area contributed by atoms with Gasteiger partial charge in [0.2, 0.25) is 0 Å². The van der Waals surface area contributed by atoms with Crippen molar-refractivity contribution in [2.75, 3.05) is 4.72 Å². The second-order valence-corrected chi connectivity index (χ2v) is 6.25. The Hall–Kier alpha value is -1.47. The highest BCUT2D eigenvalue weighted by Crippen LogP contribution is 2.22.